The van der Waals surface area contributed by atoms with Crippen LogP contribution in [0, 0.1) is 0 Å². The van der Waals surface area contributed by atoms with Crippen molar-refractivity contribution >= 4 is 11.5 Å². The van der Waals surface area contributed by atoms with Crippen LogP contribution in [0.1, 0.15) is 42.1 Å². The van der Waals surface area contributed by atoms with Crippen LogP contribution in [0.25, 0.3) is 5.57 Å². The van der Waals surface area contributed by atoms with E-state index in [1.54, 1.807) is 6.07 Å². The highest BCUT2D eigenvalue weighted by Crippen LogP contribution is 2.40. The number of esters is 1. The molecule has 29 heavy (non-hydrogen) atoms. The predicted molar refractivity (Wildman–Crippen MR) is 106 cm³/mol. The Labute approximate surface area is 168 Å². The van der Waals surface area contributed by atoms with Crippen molar-refractivity contribution in [2.45, 2.75) is 38.5 Å². The van der Waals surface area contributed by atoms with Gasteiger partial charge in [0.1, 0.15) is 0 Å². The van der Waals surface area contributed by atoms with Crippen molar-refractivity contribution in [1.29, 1.82) is 0 Å². The highest BCUT2D eigenvalue weighted by molar-refractivity contribution is 5.90. The molecule has 0 radical (unpaired) electrons. The van der Waals surface area contributed by atoms with E-state index >= 15 is 0 Å². The number of hydrogen-bond donors (Lipinski definition) is 0. The number of hydrogen-bond acceptors (Lipinski definition) is 3. The average molecular weight is 403 g/mol. The number of carbonyl (C=O) groups excluding carboxylic acids is 1. The fourth-order valence-electron chi connectivity index (χ4n) is 3.54. The number of carbonyl (C=O) groups is 1. The summed E-state index contributed by atoms with van der Waals surface area (Å²) in [6.45, 7) is 4.70. The van der Waals surface area contributed by atoms with E-state index in [9.17, 15) is 18.0 Å². The van der Waals surface area contributed by atoms with Crippen LogP contribution in [0.2, 0.25) is 0 Å². The molecule has 0 aromatic heterocycles. The van der Waals surface area contributed by atoms with Crippen LogP contribution in [0.3, 0.4) is 0 Å². The first-order valence-electron chi connectivity index (χ1n) is 9.47. The molecule has 3 nitrogen and oxygen atoms in total. The molecule has 2 aromatic rings. The highest BCUT2D eigenvalue weighted by atomic mass is 19.4. The van der Waals surface area contributed by atoms with Crippen LogP contribution in [0.5, 0.6) is 0 Å². The van der Waals surface area contributed by atoms with Crippen LogP contribution in [-0.4, -0.2) is 30.6 Å². The lowest BCUT2D eigenvalue weighted by Crippen LogP contribution is -2.18. The molecule has 1 saturated heterocycles. The third kappa shape index (κ3) is 5.26. The largest absolute Gasteiger partial charge is 0.466 e. The minimum atomic E-state index is -4.32. The lowest BCUT2D eigenvalue weighted by Gasteiger charge is -2.15. The first kappa shape index (κ1) is 21.1. The first-order chi connectivity index (χ1) is 13.7. The number of halogens is 3. The molecule has 1 aliphatic heterocycles. The van der Waals surface area contributed by atoms with Crippen molar-refractivity contribution in [2.75, 3.05) is 13.7 Å². The predicted octanol–water partition coefficient (Wildman–Crippen LogP) is 5.27. The van der Waals surface area contributed by atoms with E-state index in [0.717, 1.165) is 35.7 Å². The summed E-state index contributed by atoms with van der Waals surface area (Å²) < 4.78 is 43.4. The number of nitrogens with zero attached hydrogens (tertiary/aromatic N) is 1. The third-order valence-electron chi connectivity index (χ3n) is 5.29. The van der Waals surface area contributed by atoms with Crippen LogP contribution in [0.15, 0.2) is 54.6 Å². The van der Waals surface area contributed by atoms with Gasteiger partial charge in [0.2, 0.25) is 0 Å². The third-order valence-corrected chi connectivity index (χ3v) is 5.29. The number of alkyl halides is 3. The van der Waals surface area contributed by atoms with E-state index in [-0.39, 0.29) is 18.1 Å². The van der Waals surface area contributed by atoms with Gasteiger partial charge < -0.3 is 4.74 Å². The van der Waals surface area contributed by atoms with Crippen molar-refractivity contribution in [3.05, 3.63) is 76.9 Å². The zero-order chi connectivity index (χ0) is 21.2. The molecular weight excluding hydrogens is 379 g/mol. The fourth-order valence-corrected chi connectivity index (χ4v) is 3.54. The molecule has 0 N–H and O–H groups in total. The number of benzene rings is 2. The Balaban J connectivity index is 1.61. The fraction of sp³-hybridized carbons (Fsp3) is 0.348. The number of methoxy groups -OCH3 is 1. The lowest BCUT2D eigenvalue weighted by atomic mass is 10.0. The van der Waals surface area contributed by atoms with Crippen molar-refractivity contribution in [3.8, 4) is 0 Å². The second-order valence-corrected chi connectivity index (χ2v) is 7.44. The summed E-state index contributed by atoms with van der Waals surface area (Å²) in [5, 5.41) is 0. The van der Waals surface area contributed by atoms with Gasteiger partial charge in [-0.25, -0.2) is 4.79 Å². The van der Waals surface area contributed by atoms with E-state index in [0.29, 0.717) is 5.56 Å². The van der Waals surface area contributed by atoms with Gasteiger partial charge in [0, 0.05) is 24.7 Å². The molecule has 0 bridgehead atoms. The molecule has 3 rings (SSSR count). The van der Waals surface area contributed by atoms with Gasteiger partial charge in [-0.05, 0) is 54.7 Å². The Bertz CT molecular complexity index is 903. The number of ether oxygens (including phenoxy) is 1. The van der Waals surface area contributed by atoms with Crippen LogP contribution >= 0.6 is 0 Å². The van der Waals surface area contributed by atoms with Gasteiger partial charge in [-0.1, -0.05) is 36.4 Å². The topological polar surface area (TPSA) is 29.3 Å². The standard InChI is InChI=1S/C23H24F3NO2/c1-15(11-22(28)29-3)18-9-7-17(8-10-18)12-16(2)27-14-21(27)19-5-4-6-20(13-19)23(24,25)26/h4-11,13,16,21H,12,14H2,1-3H3/b15-11+/t16-,21-,27?/m1/s1. The first-order valence-corrected chi connectivity index (χ1v) is 9.47. The van der Waals surface area contributed by atoms with Gasteiger partial charge in [-0.3, -0.25) is 4.90 Å². The summed E-state index contributed by atoms with van der Waals surface area (Å²) in [6.07, 6.45) is -2.06. The second kappa shape index (κ2) is 8.41. The molecule has 154 valence electrons. The molecule has 1 fully saturated rings. The van der Waals surface area contributed by atoms with Crippen molar-refractivity contribution in [2.24, 2.45) is 0 Å². The van der Waals surface area contributed by atoms with E-state index in [2.05, 4.69) is 16.6 Å². The van der Waals surface area contributed by atoms with Crippen molar-refractivity contribution < 1.29 is 22.7 Å². The summed E-state index contributed by atoms with van der Waals surface area (Å²) in [4.78, 5) is 13.5. The van der Waals surface area contributed by atoms with Crippen molar-refractivity contribution in [1.82, 2.24) is 4.90 Å². The maximum absolute atomic E-state index is 12.9. The molecule has 0 spiro atoms. The quantitative estimate of drug-likeness (QED) is 0.374. The van der Waals surface area contributed by atoms with E-state index in [1.165, 1.54) is 25.3 Å². The Hall–Kier alpha value is -2.60. The Morgan fingerprint density at radius 3 is 2.55 bits per heavy atom. The SMILES string of the molecule is COC(=O)/C=C(\C)c1ccc(C[C@@H](C)N2C[C@@H]2c2cccc(C(F)(F)F)c2)cc1. The minimum Gasteiger partial charge on any atom is -0.466 e. The number of rotatable bonds is 6. The molecule has 1 unspecified atom stereocenters. The van der Waals surface area contributed by atoms with Gasteiger partial charge in [0.25, 0.3) is 0 Å². The van der Waals surface area contributed by atoms with Gasteiger partial charge >= 0.3 is 12.1 Å². The summed E-state index contributed by atoms with van der Waals surface area (Å²) in [6, 6.07) is 13.8. The second-order valence-electron chi connectivity index (χ2n) is 7.44. The molecule has 0 amide bonds. The normalized spacial score (nSPS) is 20.3. The van der Waals surface area contributed by atoms with Crippen LogP contribution in [-0.2, 0) is 22.1 Å². The molecule has 0 saturated carbocycles. The Kier molecular flexibility index (Phi) is 6.13. The molecular formula is C23H24F3NO2. The maximum Gasteiger partial charge on any atom is 0.416 e. The maximum atomic E-state index is 12.9. The molecule has 0 aliphatic carbocycles. The minimum absolute atomic E-state index is 0.0387. The van der Waals surface area contributed by atoms with E-state index < -0.39 is 11.7 Å². The Morgan fingerprint density at radius 1 is 1.24 bits per heavy atom. The summed E-state index contributed by atoms with van der Waals surface area (Å²) in [7, 11) is 1.34. The summed E-state index contributed by atoms with van der Waals surface area (Å²) in [5.74, 6) is -0.387. The van der Waals surface area contributed by atoms with Gasteiger partial charge in [-0.2, -0.15) is 13.2 Å². The van der Waals surface area contributed by atoms with E-state index in [4.69, 9.17) is 0 Å². The van der Waals surface area contributed by atoms with Gasteiger partial charge in [-0.15, -0.1) is 0 Å². The van der Waals surface area contributed by atoms with Gasteiger partial charge in [0.05, 0.1) is 12.7 Å². The number of allylic oxidation sites excluding steroid dienone is 1. The van der Waals surface area contributed by atoms with Gasteiger partial charge in [0.15, 0.2) is 0 Å². The summed E-state index contributed by atoms with van der Waals surface area (Å²) >= 11 is 0. The van der Waals surface area contributed by atoms with Crippen molar-refractivity contribution in [3.63, 3.8) is 0 Å². The molecule has 2 aromatic carbocycles. The Morgan fingerprint density at radius 2 is 1.93 bits per heavy atom. The monoisotopic (exact) mass is 403 g/mol. The molecule has 1 heterocycles. The molecule has 1 aliphatic rings. The average Bonchev–Trinajstić information content (AvgIpc) is 3.49. The zero-order valence-electron chi connectivity index (χ0n) is 16.7. The molecule has 6 heteroatoms. The summed E-state index contributed by atoms with van der Waals surface area (Å²) in [5.41, 5.74) is 3.03. The smallest absolute Gasteiger partial charge is 0.416 e. The molecule has 3 atom stereocenters. The van der Waals surface area contributed by atoms with Crippen LogP contribution < -0.4 is 0 Å². The van der Waals surface area contributed by atoms with Crippen LogP contribution in [0.4, 0.5) is 13.2 Å². The lowest BCUT2D eigenvalue weighted by molar-refractivity contribution is -0.137. The highest BCUT2D eigenvalue weighted by Gasteiger charge is 2.40. The zero-order valence-corrected chi connectivity index (χ0v) is 16.7. The van der Waals surface area contributed by atoms with E-state index in [1.807, 2.05) is 31.2 Å².